The van der Waals surface area contributed by atoms with Crippen molar-refractivity contribution in [2.75, 3.05) is 7.11 Å². The maximum atomic E-state index is 12.5. The molecular weight excluding hydrogens is 366 g/mol. The van der Waals surface area contributed by atoms with Crippen LogP contribution in [0.1, 0.15) is 14.5 Å². The van der Waals surface area contributed by atoms with Gasteiger partial charge in [-0.05, 0) is 29.6 Å². The molecule has 0 saturated carbocycles. The lowest BCUT2D eigenvalue weighted by Gasteiger charge is -2.02. The van der Waals surface area contributed by atoms with Gasteiger partial charge in [0.05, 0.1) is 18.5 Å². The van der Waals surface area contributed by atoms with Gasteiger partial charge in [0.1, 0.15) is 16.3 Å². The molecular formula is C19H17N3O2S2. The normalized spacial score (nSPS) is 11.0. The number of methoxy groups -OCH3 is 1. The molecule has 0 aliphatic rings. The van der Waals surface area contributed by atoms with Gasteiger partial charge in [-0.1, -0.05) is 18.2 Å². The van der Waals surface area contributed by atoms with Gasteiger partial charge in [-0.15, -0.1) is 22.7 Å². The highest BCUT2D eigenvalue weighted by molar-refractivity contribution is 7.20. The lowest BCUT2D eigenvalue weighted by atomic mass is 10.1. The summed E-state index contributed by atoms with van der Waals surface area (Å²) in [5.74, 6) is 0.724. The molecule has 3 aromatic heterocycles. The number of carbonyl (C=O) groups excluding carboxylic acids is 1. The Morgan fingerprint density at radius 2 is 2.15 bits per heavy atom. The zero-order valence-corrected chi connectivity index (χ0v) is 16.0. The first-order valence-electron chi connectivity index (χ1n) is 8.07. The van der Waals surface area contributed by atoms with Gasteiger partial charge >= 0.3 is 0 Å². The largest absolute Gasteiger partial charge is 0.497 e. The van der Waals surface area contributed by atoms with Gasteiger partial charge in [-0.2, -0.15) is 5.10 Å². The van der Waals surface area contributed by atoms with Gasteiger partial charge in [0.2, 0.25) is 0 Å². The molecule has 132 valence electrons. The highest BCUT2D eigenvalue weighted by Gasteiger charge is 2.18. The summed E-state index contributed by atoms with van der Waals surface area (Å²) in [5, 5.41) is 10.6. The third kappa shape index (κ3) is 3.11. The maximum absolute atomic E-state index is 12.5. The van der Waals surface area contributed by atoms with E-state index < -0.39 is 0 Å². The fraction of sp³-hybridized carbons (Fsp3) is 0.158. The van der Waals surface area contributed by atoms with Gasteiger partial charge in [0.25, 0.3) is 5.91 Å². The molecule has 3 heterocycles. The Morgan fingerprint density at radius 3 is 2.92 bits per heavy atom. The van der Waals surface area contributed by atoms with E-state index in [0.29, 0.717) is 11.4 Å². The molecule has 1 amide bonds. The summed E-state index contributed by atoms with van der Waals surface area (Å²) >= 11 is 3.09. The van der Waals surface area contributed by atoms with E-state index in [9.17, 15) is 4.79 Å². The lowest BCUT2D eigenvalue weighted by molar-refractivity contribution is 0.0955. The van der Waals surface area contributed by atoms with Crippen LogP contribution in [-0.4, -0.2) is 22.8 Å². The van der Waals surface area contributed by atoms with Crippen molar-refractivity contribution >= 4 is 38.8 Å². The summed E-state index contributed by atoms with van der Waals surface area (Å²) in [6, 6.07) is 13.7. The van der Waals surface area contributed by atoms with Gasteiger partial charge in [0.15, 0.2) is 0 Å². The molecule has 7 heteroatoms. The van der Waals surface area contributed by atoms with Crippen molar-refractivity contribution in [1.29, 1.82) is 0 Å². The Labute approximate surface area is 158 Å². The molecule has 26 heavy (non-hydrogen) atoms. The van der Waals surface area contributed by atoms with Crippen LogP contribution >= 0.6 is 22.7 Å². The fourth-order valence-electron chi connectivity index (χ4n) is 2.80. The molecule has 0 spiro atoms. The van der Waals surface area contributed by atoms with Crippen molar-refractivity contribution in [2.45, 2.75) is 6.54 Å². The molecule has 0 bridgehead atoms. The second kappa shape index (κ2) is 6.93. The van der Waals surface area contributed by atoms with Crippen molar-refractivity contribution in [3.63, 3.8) is 0 Å². The maximum Gasteiger partial charge on any atom is 0.261 e. The smallest absolute Gasteiger partial charge is 0.261 e. The molecule has 0 unspecified atom stereocenters. The van der Waals surface area contributed by atoms with E-state index in [1.54, 1.807) is 18.4 Å². The quantitative estimate of drug-likeness (QED) is 0.559. The number of ether oxygens (including phenoxy) is 1. The van der Waals surface area contributed by atoms with Gasteiger partial charge in [0, 0.05) is 22.9 Å². The van der Waals surface area contributed by atoms with Crippen molar-refractivity contribution in [3.8, 4) is 17.0 Å². The second-order valence-electron chi connectivity index (χ2n) is 5.80. The molecule has 5 nitrogen and oxygen atoms in total. The Hall–Kier alpha value is -2.64. The summed E-state index contributed by atoms with van der Waals surface area (Å²) in [7, 11) is 3.55. The number of rotatable bonds is 5. The Bertz CT molecular complexity index is 1060. The summed E-state index contributed by atoms with van der Waals surface area (Å²) in [5.41, 5.74) is 1.83. The number of hydrogen-bond acceptors (Lipinski definition) is 5. The molecule has 1 N–H and O–H groups in total. The van der Waals surface area contributed by atoms with Gasteiger partial charge in [-0.25, -0.2) is 0 Å². The molecule has 4 aromatic rings. The van der Waals surface area contributed by atoms with Crippen LogP contribution in [0.15, 0.2) is 47.8 Å². The average Bonchev–Trinajstić information content (AvgIpc) is 3.38. The number of aromatic nitrogens is 2. The van der Waals surface area contributed by atoms with Crippen molar-refractivity contribution in [3.05, 3.63) is 57.6 Å². The minimum Gasteiger partial charge on any atom is -0.497 e. The van der Waals surface area contributed by atoms with E-state index >= 15 is 0 Å². The minimum absolute atomic E-state index is 0.0591. The SMILES string of the molecule is COc1cccc(-c2nn(C)c3sc(C(=O)NCc4cccs4)cc23)c1. The first-order valence-corrected chi connectivity index (χ1v) is 9.77. The van der Waals surface area contributed by atoms with Crippen LogP contribution < -0.4 is 10.1 Å². The minimum atomic E-state index is -0.0591. The van der Waals surface area contributed by atoms with E-state index in [4.69, 9.17) is 4.74 Å². The van der Waals surface area contributed by atoms with Crippen LogP contribution in [0.25, 0.3) is 21.5 Å². The van der Waals surface area contributed by atoms with E-state index in [2.05, 4.69) is 10.4 Å². The van der Waals surface area contributed by atoms with Gasteiger partial charge in [-0.3, -0.25) is 9.48 Å². The van der Waals surface area contributed by atoms with Crippen LogP contribution in [0.4, 0.5) is 0 Å². The number of nitrogens with zero attached hydrogens (tertiary/aromatic N) is 2. The first kappa shape index (κ1) is 16.8. The number of amides is 1. The number of carbonyl (C=O) groups is 1. The molecule has 0 fully saturated rings. The van der Waals surface area contributed by atoms with Gasteiger partial charge < -0.3 is 10.1 Å². The number of fused-ring (bicyclic) bond motifs is 1. The molecule has 0 aliphatic heterocycles. The van der Waals surface area contributed by atoms with Crippen molar-refractivity contribution in [1.82, 2.24) is 15.1 Å². The zero-order chi connectivity index (χ0) is 18.1. The molecule has 0 atom stereocenters. The predicted molar refractivity (Wildman–Crippen MR) is 106 cm³/mol. The number of hydrogen-bond donors (Lipinski definition) is 1. The standard InChI is InChI=1S/C19H17N3O2S2/c1-22-19-15(17(21-22)12-5-3-6-13(9-12)24-2)10-16(26-19)18(23)20-11-14-7-4-8-25-14/h3-10H,11H2,1-2H3,(H,20,23). The summed E-state index contributed by atoms with van der Waals surface area (Å²) in [6.45, 7) is 0.547. The highest BCUT2D eigenvalue weighted by Crippen LogP contribution is 2.34. The Morgan fingerprint density at radius 1 is 1.27 bits per heavy atom. The van der Waals surface area contributed by atoms with Crippen LogP contribution in [0, 0.1) is 0 Å². The molecule has 4 rings (SSSR count). The third-order valence-corrected chi connectivity index (χ3v) is 6.16. The zero-order valence-electron chi connectivity index (χ0n) is 14.4. The summed E-state index contributed by atoms with van der Waals surface area (Å²) < 4.78 is 7.14. The third-order valence-electron chi connectivity index (χ3n) is 4.08. The van der Waals surface area contributed by atoms with Crippen molar-refractivity contribution < 1.29 is 9.53 Å². The van der Waals surface area contributed by atoms with Crippen molar-refractivity contribution in [2.24, 2.45) is 7.05 Å². The number of benzene rings is 1. The number of aryl methyl sites for hydroxylation is 1. The fourth-order valence-corrected chi connectivity index (χ4v) is 4.44. The molecule has 1 aromatic carbocycles. The van der Waals surface area contributed by atoms with Crippen LogP contribution in [-0.2, 0) is 13.6 Å². The predicted octanol–water partition coefficient (Wildman–Crippen LogP) is 4.30. The Kier molecular flexibility index (Phi) is 4.48. The molecule has 0 saturated heterocycles. The molecule has 0 aliphatic carbocycles. The lowest BCUT2D eigenvalue weighted by Crippen LogP contribution is -2.21. The highest BCUT2D eigenvalue weighted by atomic mass is 32.1. The summed E-state index contributed by atoms with van der Waals surface area (Å²) in [6.07, 6.45) is 0. The van der Waals surface area contributed by atoms with Crippen LogP contribution in [0.5, 0.6) is 5.75 Å². The van der Waals surface area contributed by atoms with E-state index in [0.717, 1.165) is 32.1 Å². The average molecular weight is 383 g/mol. The number of nitrogens with one attached hydrogen (secondary N) is 1. The van der Waals surface area contributed by atoms with Crippen LogP contribution in [0.2, 0.25) is 0 Å². The van der Waals surface area contributed by atoms with Crippen LogP contribution in [0.3, 0.4) is 0 Å². The van der Waals surface area contributed by atoms with E-state index in [1.807, 2.05) is 59.6 Å². The second-order valence-corrected chi connectivity index (χ2v) is 7.86. The monoisotopic (exact) mass is 383 g/mol. The van der Waals surface area contributed by atoms with E-state index in [1.165, 1.54) is 11.3 Å². The summed E-state index contributed by atoms with van der Waals surface area (Å²) in [4.78, 5) is 15.3. The first-order chi connectivity index (χ1) is 12.7. The number of thiophene rings is 2. The van der Waals surface area contributed by atoms with E-state index in [-0.39, 0.29) is 5.91 Å². The Balaban J connectivity index is 1.65. The molecule has 0 radical (unpaired) electrons. The topological polar surface area (TPSA) is 56.2 Å².